The fraction of sp³-hybridized carbons (Fsp3) is 0.160. The highest BCUT2D eigenvalue weighted by Gasteiger charge is 2.12. The fourth-order valence-corrected chi connectivity index (χ4v) is 4.09. The number of rotatable bonds is 7. The Morgan fingerprint density at radius 3 is 2.65 bits per heavy atom. The summed E-state index contributed by atoms with van der Waals surface area (Å²) in [7, 11) is 0. The minimum atomic E-state index is -0.219. The lowest BCUT2D eigenvalue weighted by atomic mass is 10.2. The molecule has 2 aromatic carbocycles. The lowest BCUT2D eigenvalue weighted by molar-refractivity contribution is -0.117. The fourth-order valence-electron chi connectivity index (χ4n) is 3.24. The minimum Gasteiger partial charge on any atom is -0.493 e. The molecule has 0 saturated carbocycles. The normalized spacial score (nSPS) is 11.5. The van der Waals surface area contributed by atoms with Crippen molar-refractivity contribution in [3.8, 4) is 16.3 Å². The summed E-state index contributed by atoms with van der Waals surface area (Å²) in [6, 6.07) is 23.6. The zero-order chi connectivity index (χ0) is 21.5. The zero-order valence-corrected chi connectivity index (χ0v) is 18.1. The minimum absolute atomic E-state index is 0.160. The van der Waals surface area contributed by atoms with Gasteiger partial charge in [-0.1, -0.05) is 48.5 Å². The van der Waals surface area contributed by atoms with Gasteiger partial charge in [0.05, 0.1) is 24.3 Å². The second-order valence-electron chi connectivity index (χ2n) is 6.93. The first-order valence-electron chi connectivity index (χ1n) is 10.2. The molecule has 1 amide bonds. The van der Waals surface area contributed by atoms with Crippen LogP contribution in [0, 0.1) is 0 Å². The number of aromatic nitrogens is 2. The highest BCUT2D eigenvalue weighted by atomic mass is 32.1. The SMILES string of the molecule is CCOc1ccccc1-c1nc(CC(=O)N=c2ccccn2Cc2ccccc2)cs1. The number of thiazole rings is 1. The quantitative estimate of drug-likeness (QED) is 0.427. The molecule has 0 atom stereocenters. The molecular weight excluding hydrogens is 406 g/mol. The smallest absolute Gasteiger partial charge is 0.253 e. The van der Waals surface area contributed by atoms with Crippen molar-refractivity contribution in [2.75, 3.05) is 6.61 Å². The summed E-state index contributed by atoms with van der Waals surface area (Å²) in [4.78, 5) is 21.7. The van der Waals surface area contributed by atoms with E-state index in [4.69, 9.17) is 4.74 Å². The van der Waals surface area contributed by atoms with Crippen molar-refractivity contribution in [3.05, 3.63) is 101 Å². The van der Waals surface area contributed by atoms with Gasteiger partial charge >= 0.3 is 0 Å². The molecule has 0 N–H and O–H groups in total. The van der Waals surface area contributed by atoms with Crippen LogP contribution in [0.5, 0.6) is 5.75 Å². The molecule has 0 unspecified atom stereocenters. The van der Waals surface area contributed by atoms with E-state index in [1.807, 2.05) is 83.7 Å². The number of nitrogens with zero attached hydrogens (tertiary/aromatic N) is 3. The first-order chi connectivity index (χ1) is 15.2. The van der Waals surface area contributed by atoms with Gasteiger partial charge in [0.1, 0.15) is 16.2 Å². The molecule has 156 valence electrons. The molecule has 31 heavy (non-hydrogen) atoms. The molecule has 4 rings (SSSR count). The summed E-state index contributed by atoms with van der Waals surface area (Å²) >= 11 is 1.51. The van der Waals surface area contributed by atoms with Crippen LogP contribution in [-0.4, -0.2) is 22.1 Å². The predicted molar refractivity (Wildman–Crippen MR) is 123 cm³/mol. The van der Waals surface area contributed by atoms with Gasteiger partial charge < -0.3 is 9.30 Å². The van der Waals surface area contributed by atoms with E-state index in [0.717, 1.165) is 21.9 Å². The number of hydrogen-bond acceptors (Lipinski definition) is 4. The largest absolute Gasteiger partial charge is 0.493 e. The number of pyridine rings is 1. The van der Waals surface area contributed by atoms with Gasteiger partial charge in [-0.05, 0) is 36.8 Å². The Balaban J connectivity index is 1.52. The van der Waals surface area contributed by atoms with Crippen LogP contribution in [0.2, 0.25) is 0 Å². The van der Waals surface area contributed by atoms with Gasteiger partial charge in [-0.3, -0.25) is 4.79 Å². The van der Waals surface area contributed by atoms with Crippen LogP contribution >= 0.6 is 11.3 Å². The molecule has 4 aromatic rings. The molecule has 2 heterocycles. The van der Waals surface area contributed by atoms with Crippen molar-refractivity contribution >= 4 is 17.2 Å². The maximum absolute atomic E-state index is 12.7. The van der Waals surface area contributed by atoms with E-state index in [0.29, 0.717) is 24.3 Å². The van der Waals surface area contributed by atoms with E-state index >= 15 is 0 Å². The van der Waals surface area contributed by atoms with Crippen LogP contribution < -0.4 is 10.2 Å². The summed E-state index contributed by atoms with van der Waals surface area (Å²) in [5.41, 5.74) is 3.44. The Hall–Kier alpha value is -3.51. The molecule has 0 radical (unpaired) electrons. The lowest BCUT2D eigenvalue weighted by Crippen LogP contribution is -2.22. The lowest BCUT2D eigenvalue weighted by Gasteiger charge is -2.07. The van der Waals surface area contributed by atoms with Gasteiger partial charge in [0.15, 0.2) is 0 Å². The first-order valence-corrected chi connectivity index (χ1v) is 11.0. The number of benzene rings is 2. The van der Waals surface area contributed by atoms with E-state index < -0.39 is 0 Å². The summed E-state index contributed by atoms with van der Waals surface area (Å²) < 4.78 is 7.67. The monoisotopic (exact) mass is 429 g/mol. The number of carbonyl (C=O) groups excluding carboxylic acids is 1. The first kappa shape index (κ1) is 20.8. The molecule has 0 fully saturated rings. The standard InChI is InChI=1S/C25H23N3O2S/c1-2-30-22-13-7-6-12-21(22)25-26-20(18-31-25)16-24(29)27-23-14-8-9-15-28(23)17-19-10-4-3-5-11-19/h3-15,18H,2,16-17H2,1H3. The number of para-hydroxylation sites is 1. The summed E-state index contributed by atoms with van der Waals surface area (Å²) in [5.74, 6) is 0.580. The molecule has 6 heteroatoms. The third-order valence-corrected chi connectivity index (χ3v) is 5.58. The third-order valence-electron chi connectivity index (χ3n) is 4.65. The maximum atomic E-state index is 12.7. The zero-order valence-electron chi connectivity index (χ0n) is 17.3. The van der Waals surface area contributed by atoms with Gasteiger partial charge in [-0.15, -0.1) is 11.3 Å². The number of hydrogen-bond donors (Lipinski definition) is 0. The van der Waals surface area contributed by atoms with Crippen LogP contribution in [0.3, 0.4) is 0 Å². The highest BCUT2D eigenvalue weighted by molar-refractivity contribution is 7.13. The van der Waals surface area contributed by atoms with E-state index in [2.05, 4.69) is 22.1 Å². The number of ether oxygens (including phenoxy) is 1. The topological polar surface area (TPSA) is 56.5 Å². The second kappa shape index (κ2) is 10.00. The van der Waals surface area contributed by atoms with Crippen LogP contribution in [0.15, 0.2) is 89.4 Å². The van der Waals surface area contributed by atoms with Crippen LogP contribution in [-0.2, 0) is 17.8 Å². The van der Waals surface area contributed by atoms with Gasteiger partial charge in [-0.25, -0.2) is 4.98 Å². The summed E-state index contributed by atoms with van der Waals surface area (Å²) in [5, 5.41) is 2.75. The van der Waals surface area contributed by atoms with Gasteiger partial charge in [0, 0.05) is 18.1 Å². The van der Waals surface area contributed by atoms with Crippen LogP contribution in [0.25, 0.3) is 10.6 Å². The average Bonchev–Trinajstić information content (AvgIpc) is 3.24. The van der Waals surface area contributed by atoms with E-state index in [9.17, 15) is 4.79 Å². The Morgan fingerprint density at radius 1 is 1.03 bits per heavy atom. The van der Waals surface area contributed by atoms with Crippen LogP contribution in [0.1, 0.15) is 18.2 Å². The highest BCUT2D eigenvalue weighted by Crippen LogP contribution is 2.32. The van der Waals surface area contributed by atoms with Gasteiger partial charge in [0.25, 0.3) is 5.91 Å². The van der Waals surface area contributed by atoms with Crippen LogP contribution in [0.4, 0.5) is 0 Å². The van der Waals surface area contributed by atoms with Crippen molar-refractivity contribution < 1.29 is 9.53 Å². The third kappa shape index (κ3) is 5.35. The van der Waals surface area contributed by atoms with Gasteiger partial charge in [0.2, 0.25) is 0 Å². The van der Waals surface area contributed by atoms with E-state index in [-0.39, 0.29) is 12.3 Å². The van der Waals surface area contributed by atoms with Crippen molar-refractivity contribution in [1.82, 2.24) is 9.55 Å². The molecule has 0 aliphatic carbocycles. The molecule has 0 aliphatic rings. The predicted octanol–water partition coefficient (Wildman–Crippen LogP) is 4.73. The Labute approximate surface area is 185 Å². The molecule has 0 aliphatic heterocycles. The molecule has 5 nitrogen and oxygen atoms in total. The maximum Gasteiger partial charge on any atom is 0.253 e. The van der Waals surface area contributed by atoms with Crippen molar-refractivity contribution in [1.29, 1.82) is 0 Å². The molecule has 0 spiro atoms. The Bertz CT molecular complexity index is 1230. The second-order valence-corrected chi connectivity index (χ2v) is 7.79. The molecular formula is C25H23N3O2S. The van der Waals surface area contributed by atoms with Gasteiger partial charge in [-0.2, -0.15) is 4.99 Å². The molecule has 0 saturated heterocycles. The van der Waals surface area contributed by atoms with Crippen molar-refractivity contribution in [2.24, 2.45) is 4.99 Å². The van der Waals surface area contributed by atoms with Crippen molar-refractivity contribution in [3.63, 3.8) is 0 Å². The number of carbonyl (C=O) groups is 1. The molecule has 2 aromatic heterocycles. The molecule has 0 bridgehead atoms. The average molecular weight is 430 g/mol. The van der Waals surface area contributed by atoms with Crippen molar-refractivity contribution in [2.45, 2.75) is 19.9 Å². The van der Waals surface area contributed by atoms with E-state index in [1.54, 1.807) is 0 Å². The Kier molecular flexibility index (Phi) is 6.69. The Morgan fingerprint density at radius 2 is 1.81 bits per heavy atom. The van der Waals surface area contributed by atoms with E-state index in [1.165, 1.54) is 11.3 Å². The number of amides is 1. The summed E-state index contributed by atoms with van der Waals surface area (Å²) in [6.07, 6.45) is 2.10. The summed E-state index contributed by atoms with van der Waals surface area (Å²) in [6.45, 7) is 3.20.